The zero-order chi connectivity index (χ0) is 18.7. The van der Waals surface area contributed by atoms with Crippen LogP contribution in [0, 0.1) is 6.92 Å². The zero-order valence-electron chi connectivity index (χ0n) is 14.6. The third-order valence-corrected chi connectivity index (χ3v) is 4.58. The highest BCUT2D eigenvalue weighted by Crippen LogP contribution is 2.30. The number of hydrogen-bond donors (Lipinski definition) is 2. The van der Waals surface area contributed by atoms with E-state index < -0.39 is 6.10 Å². The Morgan fingerprint density at radius 2 is 2.12 bits per heavy atom. The molecule has 1 amide bonds. The first-order chi connectivity index (χ1) is 12.5. The number of benzene rings is 1. The second kappa shape index (κ2) is 7.76. The maximum Gasteiger partial charge on any atom is 0.257 e. The van der Waals surface area contributed by atoms with Crippen LogP contribution in [0.1, 0.15) is 34.3 Å². The van der Waals surface area contributed by atoms with Crippen molar-refractivity contribution < 1.29 is 14.4 Å². The molecule has 0 aliphatic heterocycles. The Labute approximate surface area is 156 Å². The van der Waals surface area contributed by atoms with E-state index in [2.05, 4.69) is 10.5 Å². The second-order valence-electron chi connectivity index (χ2n) is 6.05. The second-order valence-corrected chi connectivity index (χ2v) is 6.45. The number of carbonyl (C=O) groups is 1. The zero-order valence-corrected chi connectivity index (χ0v) is 15.3. The maximum atomic E-state index is 12.6. The third-order valence-electron chi connectivity index (χ3n) is 4.25. The van der Waals surface area contributed by atoms with E-state index in [0.29, 0.717) is 40.6 Å². The van der Waals surface area contributed by atoms with Gasteiger partial charge >= 0.3 is 0 Å². The van der Waals surface area contributed by atoms with E-state index >= 15 is 0 Å². The van der Waals surface area contributed by atoms with Crippen molar-refractivity contribution >= 4 is 17.5 Å². The summed E-state index contributed by atoms with van der Waals surface area (Å²) in [7, 11) is 1.87. The monoisotopic (exact) mass is 373 g/mol. The van der Waals surface area contributed by atoms with Crippen molar-refractivity contribution in [3.63, 3.8) is 0 Å². The predicted molar refractivity (Wildman–Crippen MR) is 99.0 cm³/mol. The van der Waals surface area contributed by atoms with E-state index in [1.807, 2.05) is 42.1 Å². The van der Waals surface area contributed by atoms with Crippen LogP contribution in [0.15, 0.2) is 47.1 Å². The molecule has 0 saturated heterocycles. The number of nitrogens with one attached hydrogen (secondary N) is 1. The van der Waals surface area contributed by atoms with Crippen LogP contribution in [-0.4, -0.2) is 27.3 Å². The van der Waals surface area contributed by atoms with Crippen LogP contribution in [0.2, 0.25) is 5.02 Å². The average molecular weight is 374 g/mol. The third kappa shape index (κ3) is 3.66. The molecule has 2 aromatic heterocycles. The molecule has 0 aliphatic rings. The lowest BCUT2D eigenvalue weighted by Gasteiger charge is -2.12. The molecular weight excluding hydrogens is 354 g/mol. The standard InChI is InChI=1S/C19H20ClN3O3/c1-12-17(18(22-26-12)13-6-3-4-7-14(13)20)19(25)21-10-9-16(24)15-8-5-11-23(15)2/h3-8,11,16,24H,9-10H2,1-2H3,(H,21,25). The number of aryl methyl sites for hydroxylation is 2. The minimum Gasteiger partial charge on any atom is -0.387 e. The number of aliphatic hydroxyl groups excluding tert-OH is 1. The minimum atomic E-state index is -0.651. The minimum absolute atomic E-state index is 0.308. The summed E-state index contributed by atoms with van der Waals surface area (Å²) >= 11 is 6.21. The molecule has 3 aromatic rings. The number of rotatable bonds is 6. The van der Waals surface area contributed by atoms with Gasteiger partial charge in [-0.25, -0.2) is 0 Å². The summed E-state index contributed by atoms with van der Waals surface area (Å²) in [6, 6.07) is 10.9. The number of amides is 1. The van der Waals surface area contributed by atoms with E-state index in [-0.39, 0.29) is 5.91 Å². The molecule has 6 nitrogen and oxygen atoms in total. The predicted octanol–water partition coefficient (Wildman–Crippen LogP) is 3.50. The van der Waals surface area contributed by atoms with Crippen LogP contribution < -0.4 is 5.32 Å². The molecular formula is C19H20ClN3O3. The Bertz CT molecular complexity index is 916. The summed E-state index contributed by atoms with van der Waals surface area (Å²) in [6.07, 6.45) is 1.62. The average Bonchev–Trinajstić information content (AvgIpc) is 3.21. The molecule has 0 aliphatic carbocycles. The van der Waals surface area contributed by atoms with Crippen LogP contribution in [0.5, 0.6) is 0 Å². The molecule has 136 valence electrons. The number of carbonyl (C=O) groups excluding carboxylic acids is 1. The Morgan fingerprint density at radius 1 is 1.35 bits per heavy atom. The molecule has 0 spiro atoms. The number of aliphatic hydroxyl groups is 1. The van der Waals surface area contributed by atoms with Crippen molar-refractivity contribution in [2.24, 2.45) is 7.05 Å². The molecule has 2 heterocycles. The molecule has 1 atom stereocenters. The summed E-state index contributed by atoms with van der Waals surface area (Å²) in [5, 5.41) is 17.5. The van der Waals surface area contributed by atoms with Crippen molar-refractivity contribution in [1.29, 1.82) is 0 Å². The van der Waals surface area contributed by atoms with Gasteiger partial charge in [0.1, 0.15) is 17.0 Å². The van der Waals surface area contributed by atoms with Crippen molar-refractivity contribution in [3.05, 3.63) is 64.6 Å². The van der Waals surface area contributed by atoms with Crippen LogP contribution in [0.4, 0.5) is 0 Å². The first-order valence-corrected chi connectivity index (χ1v) is 8.65. The molecule has 2 N–H and O–H groups in total. The van der Waals surface area contributed by atoms with Gasteiger partial charge in [-0.05, 0) is 31.5 Å². The van der Waals surface area contributed by atoms with Gasteiger partial charge in [0.15, 0.2) is 0 Å². The Kier molecular flexibility index (Phi) is 5.44. The fourth-order valence-electron chi connectivity index (χ4n) is 2.86. The van der Waals surface area contributed by atoms with Gasteiger partial charge in [0, 0.05) is 31.0 Å². The number of hydrogen-bond acceptors (Lipinski definition) is 4. The van der Waals surface area contributed by atoms with Crippen LogP contribution in [0.25, 0.3) is 11.3 Å². The fourth-order valence-corrected chi connectivity index (χ4v) is 3.08. The Balaban J connectivity index is 1.70. The highest BCUT2D eigenvalue weighted by atomic mass is 35.5. The largest absolute Gasteiger partial charge is 0.387 e. The molecule has 3 rings (SSSR count). The van der Waals surface area contributed by atoms with E-state index in [4.69, 9.17) is 16.1 Å². The molecule has 1 unspecified atom stereocenters. The molecule has 0 bridgehead atoms. The summed E-state index contributed by atoms with van der Waals surface area (Å²) in [5.41, 5.74) is 2.21. The van der Waals surface area contributed by atoms with E-state index in [1.54, 1.807) is 19.1 Å². The summed E-state index contributed by atoms with van der Waals surface area (Å²) < 4.78 is 7.06. The van der Waals surface area contributed by atoms with Crippen molar-refractivity contribution in [2.75, 3.05) is 6.54 Å². The molecule has 1 aromatic carbocycles. The summed E-state index contributed by atoms with van der Waals surface area (Å²) in [6.45, 7) is 2.00. The van der Waals surface area contributed by atoms with Crippen molar-refractivity contribution in [2.45, 2.75) is 19.4 Å². The molecule has 7 heteroatoms. The van der Waals surface area contributed by atoms with E-state index in [1.165, 1.54) is 0 Å². The molecule has 0 saturated carbocycles. The molecule has 0 fully saturated rings. The van der Waals surface area contributed by atoms with Crippen molar-refractivity contribution in [1.82, 2.24) is 15.0 Å². The SMILES string of the molecule is Cc1onc(-c2ccccc2Cl)c1C(=O)NCCC(O)c1cccn1C. The first kappa shape index (κ1) is 18.2. The lowest BCUT2D eigenvalue weighted by molar-refractivity contribution is 0.0940. The maximum absolute atomic E-state index is 12.6. The Morgan fingerprint density at radius 3 is 2.81 bits per heavy atom. The summed E-state index contributed by atoms with van der Waals surface area (Å²) in [4.78, 5) is 12.6. The molecule has 26 heavy (non-hydrogen) atoms. The quantitative estimate of drug-likeness (QED) is 0.693. The van der Waals surface area contributed by atoms with Gasteiger partial charge < -0.3 is 19.5 Å². The van der Waals surface area contributed by atoms with Crippen LogP contribution >= 0.6 is 11.6 Å². The highest BCUT2D eigenvalue weighted by molar-refractivity contribution is 6.33. The molecule has 0 radical (unpaired) electrons. The van der Waals surface area contributed by atoms with Gasteiger partial charge in [0.2, 0.25) is 0 Å². The van der Waals surface area contributed by atoms with Crippen LogP contribution in [-0.2, 0) is 7.05 Å². The first-order valence-electron chi connectivity index (χ1n) is 8.27. The summed E-state index contributed by atoms with van der Waals surface area (Å²) in [5.74, 6) is 0.109. The number of aromatic nitrogens is 2. The van der Waals surface area contributed by atoms with Gasteiger partial charge in [-0.15, -0.1) is 0 Å². The van der Waals surface area contributed by atoms with Gasteiger partial charge in [-0.1, -0.05) is 35.0 Å². The van der Waals surface area contributed by atoms with Crippen LogP contribution in [0.3, 0.4) is 0 Å². The fraction of sp³-hybridized carbons (Fsp3) is 0.263. The number of halogens is 1. The van der Waals surface area contributed by atoms with E-state index in [9.17, 15) is 9.90 Å². The lowest BCUT2D eigenvalue weighted by atomic mass is 10.1. The van der Waals surface area contributed by atoms with Crippen molar-refractivity contribution in [3.8, 4) is 11.3 Å². The van der Waals surface area contributed by atoms with E-state index in [0.717, 1.165) is 5.69 Å². The highest BCUT2D eigenvalue weighted by Gasteiger charge is 2.23. The normalized spacial score (nSPS) is 12.2. The van der Waals surface area contributed by atoms with Gasteiger partial charge in [0.05, 0.1) is 11.1 Å². The topological polar surface area (TPSA) is 80.3 Å². The lowest BCUT2D eigenvalue weighted by Crippen LogP contribution is -2.26. The Hall–Kier alpha value is -2.57. The van der Waals surface area contributed by atoms with Gasteiger partial charge in [-0.2, -0.15) is 0 Å². The van der Waals surface area contributed by atoms with Gasteiger partial charge in [0.25, 0.3) is 5.91 Å². The number of nitrogens with zero attached hydrogens (tertiary/aromatic N) is 2. The van der Waals surface area contributed by atoms with Gasteiger partial charge in [-0.3, -0.25) is 4.79 Å². The smallest absolute Gasteiger partial charge is 0.257 e.